The fourth-order valence-electron chi connectivity index (χ4n) is 3.55. The van der Waals surface area contributed by atoms with E-state index in [0.29, 0.717) is 31.6 Å². The van der Waals surface area contributed by atoms with Gasteiger partial charge in [-0.2, -0.15) is 0 Å². The summed E-state index contributed by atoms with van der Waals surface area (Å²) in [6, 6.07) is 7.39. The molecule has 0 spiro atoms. The Morgan fingerprint density at radius 3 is 2.36 bits per heavy atom. The number of carbonyl (C=O) groups is 2. The van der Waals surface area contributed by atoms with Gasteiger partial charge in [0.2, 0.25) is 5.91 Å². The molecule has 2 aliphatic heterocycles. The van der Waals surface area contributed by atoms with E-state index in [0.717, 1.165) is 38.2 Å². The van der Waals surface area contributed by atoms with Crippen LogP contribution >= 0.6 is 0 Å². The molecule has 0 bridgehead atoms. The van der Waals surface area contributed by atoms with Crippen molar-refractivity contribution in [1.29, 1.82) is 0 Å². The molecule has 0 aromatic heterocycles. The molecule has 136 valence electrons. The van der Waals surface area contributed by atoms with E-state index < -0.39 is 0 Å². The first kappa shape index (κ1) is 17.9. The highest BCUT2D eigenvalue weighted by molar-refractivity contribution is 5.97. The second kappa shape index (κ2) is 7.97. The Morgan fingerprint density at radius 2 is 1.76 bits per heavy atom. The number of benzene rings is 1. The Labute approximate surface area is 149 Å². The summed E-state index contributed by atoms with van der Waals surface area (Å²) in [6.07, 6.45) is 2.26. The van der Waals surface area contributed by atoms with Crippen LogP contribution in [0.1, 0.15) is 36.5 Å². The predicted molar refractivity (Wildman–Crippen MR) is 96.7 cm³/mol. The number of aliphatic hydroxyl groups is 1. The maximum atomic E-state index is 12.7. The third-order valence-corrected chi connectivity index (χ3v) is 4.93. The monoisotopic (exact) mass is 345 g/mol. The van der Waals surface area contributed by atoms with Crippen molar-refractivity contribution in [3.05, 3.63) is 29.8 Å². The van der Waals surface area contributed by atoms with E-state index in [2.05, 4.69) is 4.90 Å². The third-order valence-electron chi connectivity index (χ3n) is 4.93. The van der Waals surface area contributed by atoms with Crippen molar-refractivity contribution in [2.45, 2.75) is 32.3 Å². The quantitative estimate of drug-likeness (QED) is 0.894. The van der Waals surface area contributed by atoms with E-state index >= 15 is 0 Å². The summed E-state index contributed by atoms with van der Waals surface area (Å²) < 4.78 is 0. The van der Waals surface area contributed by atoms with E-state index in [9.17, 15) is 14.7 Å². The van der Waals surface area contributed by atoms with Gasteiger partial charge in [-0.3, -0.25) is 14.5 Å². The van der Waals surface area contributed by atoms with Crippen LogP contribution in [0.15, 0.2) is 24.3 Å². The van der Waals surface area contributed by atoms with Crippen molar-refractivity contribution in [2.24, 2.45) is 0 Å². The van der Waals surface area contributed by atoms with Gasteiger partial charge in [0.05, 0.1) is 6.10 Å². The highest BCUT2D eigenvalue weighted by Crippen LogP contribution is 2.22. The molecule has 2 aliphatic rings. The molecule has 1 aromatic rings. The molecule has 6 heteroatoms. The van der Waals surface area contributed by atoms with Crippen molar-refractivity contribution < 1.29 is 14.7 Å². The van der Waals surface area contributed by atoms with Crippen LogP contribution in [-0.4, -0.2) is 72.1 Å². The Hall–Kier alpha value is -1.92. The number of piperidine rings is 1. The van der Waals surface area contributed by atoms with Gasteiger partial charge in [-0.25, -0.2) is 0 Å². The summed E-state index contributed by atoms with van der Waals surface area (Å²) in [5.41, 5.74) is 1.54. The number of nitrogens with zero attached hydrogens (tertiary/aromatic N) is 3. The topological polar surface area (TPSA) is 64.1 Å². The second-order valence-corrected chi connectivity index (χ2v) is 6.99. The Morgan fingerprint density at radius 1 is 1.08 bits per heavy atom. The van der Waals surface area contributed by atoms with Crippen LogP contribution in [0.3, 0.4) is 0 Å². The van der Waals surface area contributed by atoms with Crippen LogP contribution in [0, 0.1) is 0 Å². The molecule has 1 N–H and O–H groups in total. The molecular weight excluding hydrogens is 318 g/mol. The van der Waals surface area contributed by atoms with Gasteiger partial charge in [-0.05, 0) is 44.0 Å². The van der Waals surface area contributed by atoms with Gasteiger partial charge in [0.1, 0.15) is 0 Å². The summed E-state index contributed by atoms with van der Waals surface area (Å²) in [4.78, 5) is 30.5. The summed E-state index contributed by atoms with van der Waals surface area (Å²) in [5.74, 6) is 0.202. The maximum absolute atomic E-state index is 12.7. The van der Waals surface area contributed by atoms with Crippen LogP contribution < -0.4 is 4.90 Å². The average Bonchev–Trinajstić information content (AvgIpc) is 2.62. The lowest BCUT2D eigenvalue weighted by Gasteiger charge is -2.35. The van der Waals surface area contributed by atoms with E-state index in [1.165, 1.54) is 0 Å². The number of carbonyl (C=O) groups excluding carboxylic acids is 2. The molecule has 2 heterocycles. The van der Waals surface area contributed by atoms with Crippen LogP contribution in [0.25, 0.3) is 0 Å². The number of piperazine rings is 1. The molecule has 0 saturated carbocycles. The fraction of sp³-hybridized carbons (Fsp3) is 0.579. The number of anilines is 1. The van der Waals surface area contributed by atoms with E-state index in [4.69, 9.17) is 0 Å². The van der Waals surface area contributed by atoms with Crippen molar-refractivity contribution in [3.63, 3.8) is 0 Å². The smallest absolute Gasteiger partial charge is 0.253 e. The van der Waals surface area contributed by atoms with Crippen LogP contribution in [-0.2, 0) is 4.79 Å². The first-order valence-electron chi connectivity index (χ1n) is 9.15. The third kappa shape index (κ3) is 4.38. The van der Waals surface area contributed by atoms with E-state index in [1.807, 2.05) is 34.1 Å². The zero-order chi connectivity index (χ0) is 17.8. The van der Waals surface area contributed by atoms with Crippen molar-refractivity contribution in [3.8, 4) is 0 Å². The number of aliphatic hydroxyl groups excluding tert-OH is 1. The first-order valence-corrected chi connectivity index (χ1v) is 9.15. The standard InChI is InChI=1S/C19H27N3O3/c1-15(23)14-20-10-12-21(13-11-20)19(25)16-5-7-17(8-6-16)22-9-3-2-4-18(22)24/h5-8,15,23H,2-4,9-14H2,1H3/t15-/m1/s1. The minimum Gasteiger partial charge on any atom is -0.392 e. The maximum Gasteiger partial charge on any atom is 0.253 e. The van der Waals surface area contributed by atoms with Crippen molar-refractivity contribution in [2.75, 3.05) is 44.2 Å². The first-order chi connectivity index (χ1) is 12.0. The average molecular weight is 345 g/mol. The van der Waals surface area contributed by atoms with Crippen LogP contribution in [0.5, 0.6) is 0 Å². The lowest BCUT2D eigenvalue weighted by atomic mass is 10.1. The highest BCUT2D eigenvalue weighted by atomic mass is 16.3. The Kier molecular flexibility index (Phi) is 5.71. The zero-order valence-electron chi connectivity index (χ0n) is 14.9. The highest BCUT2D eigenvalue weighted by Gasteiger charge is 2.23. The van der Waals surface area contributed by atoms with Gasteiger partial charge in [0.15, 0.2) is 0 Å². The molecule has 0 aliphatic carbocycles. The molecule has 6 nitrogen and oxygen atoms in total. The number of hydrogen-bond acceptors (Lipinski definition) is 4. The molecule has 2 fully saturated rings. The van der Waals surface area contributed by atoms with E-state index in [-0.39, 0.29) is 17.9 Å². The second-order valence-electron chi connectivity index (χ2n) is 6.99. The van der Waals surface area contributed by atoms with Gasteiger partial charge >= 0.3 is 0 Å². The van der Waals surface area contributed by atoms with Gasteiger partial charge < -0.3 is 14.9 Å². The lowest BCUT2D eigenvalue weighted by molar-refractivity contribution is -0.119. The summed E-state index contributed by atoms with van der Waals surface area (Å²) in [5, 5.41) is 9.46. The summed E-state index contributed by atoms with van der Waals surface area (Å²) in [6.45, 7) is 6.13. The molecule has 0 radical (unpaired) electrons. The SMILES string of the molecule is C[C@@H](O)CN1CCN(C(=O)c2ccc(N3CCCCC3=O)cc2)CC1. The lowest BCUT2D eigenvalue weighted by Crippen LogP contribution is -2.50. The van der Waals surface area contributed by atoms with Crippen LogP contribution in [0.4, 0.5) is 5.69 Å². The molecule has 0 unspecified atom stereocenters. The molecule has 1 aromatic carbocycles. The number of hydrogen-bond donors (Lipinski definition) is 1. The minimum atomic E-state index is -0.340. The van der Waals surface area contributed by atoms with Gasteiger partial charge in [0.25, 0.3) is 5.91 Å². The Balaban J connectivity index is 1.59. The predicted octanol–water partition coefficient (Wildman–Crippen LogP) is 1.34. The van der Waals surface area contributed by atoms with Crippen molar-refractivity contribution in [1.82, 2.24) is 9.80 Å². The van der Waals surface area contributed by atoms with Gasteiger partial charge in [-0.1, -0.05) is 0 Å². The molecule has 2 amide bonds. The molecule has 1 atom stereocenters. The van der Waals surface area contributed by atoms with Gasteiger partial charge in [0, 0.05) is 56.9 Å². The number of rotatable bonds is 4. The fourth-order valence-corrected chi connectivity index (χ4v) is 3.55. The van der Waals surface area contributed by atoms with Crippen molar-refractivity contribution >= 4 is 17.5 Å². The minimum absolute atomic E-state index is 0.0354. The van der Waals surface area contributed by atoms with E-state index in [1.54, 1.807) is 6.92 Å². The van der Waals surface area contributed by atoms with Gasteiger partial charge in [-0.15, -0.1) is 0 Å². The molecule has 3 rings (SSSR count). The largest absolute Gasteiger partial charge is 0.392 e. The number of β-amino-alcohol motifs (C(OH)–C–C–N with tert-alkyl or cyclic N) is 1. The molecule has 25 heavy (non-hydrogen) atoms. The van der Waals surface area contributed by atoms with Crippen LogP contribution in [0.2, 0.25) is 0 Å². The molecule has 2 saturated heterocycles. The number of amides is 2. The Bertz CT molecular complexity index is 607. The summed E-state index contributed by atoms with van der Waals surface area (Å²) >= 11 is 0. The zero-order valence-corrected chi connectivity index (χ0v) is 14.9. The summed E-state index contributed by atoms with van der Waals surface area (Å²) in [7, 11) is 0. The molecular formula is C19H27N3O3. The normalized spacial score (nSPS) is 20.6.